The third-order valence-electron chi connectivity index (χ3n) is 3.83. The first-order chi connectivity index (χ1) is 11.7. The van der Waals surface area contributed by atoms with Crippen LogP contribution in [-0.2, 0) is 13.1 Å². The molecule has 0 radical (unpaired) electrons. The van der Waals surface area contributed by atoms with Gasteiger partial charge < -0.3 is 14.8 Å². The summed E-state index contributed by atoms with van der Waals surface area (Å²) in [6.45, 7) is 4.21. The van der Waals surface area contributed by atoms with Gasteiger partial charge in [-0.1, -0.05) is 44.0 Å². The fourth-order valence-corrected chi connectivity index (χ4v) is 2.50. The second kappa shape index (κ2) is 9.93. The van der Waals surface area contributed by atoms with Gasteiger partial charge in [-0.25, -0.2) is 4.39 Å². The highest BCUT2D eigenvalue weighted by Crippen LogP contribution is 2.31. The number of hydrogen-bond acceptors (Lipinski definition) is 3. The number of unbranched alkanes of at least 4 members (excludes halogenated alkanes) is 2. The van der Waals surface area contributed by atoms with Crippen molar-refractivity contribution in [2.75, 3.05) is 13.7 Å². The standard InChI is InChI=1S/C20H26FNO2/c1-3-4-5-13-24-20-17(7-6-8-19(20)23-2)15-22-14-16-9-11-18(21)12-10-16/h6-12,22H,3-5,13-15H2,1-2H3. The molecule has 0 unspecified atom stereocenters. The van der Waals surface area contributed by atoms with Gasteiger partial charge >= 0.3 is 0 Å². The molecular weight excluding hydrogens is 305 g/mol. The Balaban J connectivity index is 1.96. The van der Waals surface area contributed by atoms with E-state index in [0.717, 1.165) is 35.5 Å². The van der Waals surface area contributed by atoms with Gasteiger partial charge in [0.25, 0.3) is 0 Å². The molecule has 2 rings (SSSR count). The van der Waals surface area contributed by atoms with Crippen LogP contribution in [-0.4, -0.2) is 13.7 Å². The lowest BCUT2D eigenvalue weighted by molar-refractivity contribution is 0.282. The molecule has 2 aromatic rings. The molecule has 3 nitrogen and oxygen atoms in total. The zero-order valence-electron chi connectivity index (χ0n) is 14.5. The summed E-state index contributed by atoms with van der Waals surface area (Å²) in [4.78, 5) is 0. The highest BCUT2D eigenvalue weighted by molar-refractivity contribution is 5.46. The maximum absolute atomic E-state index is 12.9. The zero-order valence-corrected chi connectivity index (χ0v) is 14.5. The summed E-state index contributed by atoms with van der Waals surface area (Å²) in [7, 11) is 1.66. The van der Waals surface area contributed by atoms with Crippen molar-refractivity contribution >= 4 is 0 Å². The molecule has 0 bridgehead atoms. The van der Waals surface area contributed by atoms with Crippen molar-refractivity contribution in [2.24, 2.45) is 0 Å². The molecule has 0 saturated heterocycles. The molecular formula is C20H26FNO2. The van der Waals surface area contributed by atoms with Gasteiger partial charge in [0, 0.05) is 18.7 Å². The highest BCUT2D eigenvalue weighted by Gasteiger charge is 2.10. The van der Waals surface area contributed by atoms with E-state index in [1.807, 2.05) is 18.2 Å². The molecule has 0 saturated carbocycles. The van der Waals surface area contributed by atoms with E-state index in [-0.39, 0.29) is 5.82 Å². The van der Waals surface area contributed by atoms with E-state index in [4.69, 9.17) is 9.47 Å². The third-order valence-corrected chi connectivity index (χ3v) is 3.83. The van der Waals surface area contributed by atoms with Crippen LogP contribution in [0.3, 0.4) is 0 Å². The van der Waals surface area contributed by atoms with E-state index >= 15 is 0 Å². The lowest BCUT2D eigenvalue weighted by Crippen LogP contribution is -2.14. The molecule has 0 aliphatic heterocycles. The molecule has 0 atom stereocenters. The number of benzene rings is 2. The van der Waals surface area contributed by atoms with E-state index in [2.05, 4.69) is 12.2 Å². The fourth-order valence-electron chi connectivity index (χ4n) is 2.50. The number of ether oxygens (including phenoxy) is 2. The molecule has 2 aromatic carbocycles. The number of hydrogen-bond donors (Lipinski definition) is 1. The minimum atomic E-state index is -0.214. The lowest BCUT2D eigenvalue weighted by atomic mass is 10.1. The van der Waals surface area contributed by atoms with Gasteiger partial charge in [-0.2, -0.15) is 0 Å². The molecule has 0 aliphatic carbocycles. The first-order valence-corrected chi connectivity index (χ1v) is 8.48. The summed E-state index contributed by atoms with van der Waals surface area (Å²) in [5, 5.41) is 3.37. The van der Waals surface area contributed by atoms with Crippen molar-refractivity contribution in [3.63, 3.8) is 0 Å². The summed E-state index contributed by atoms with van der Waals surface area (Å²) in [5.41, 5.74) is 2.11. The summed E-state index contributed by atoms with van der Waals surface area (Å²) in [6, 6.07) is 12.4. The van der Waals surface area contributed by atoms with Crippen LogP contribution < -0.4 is 14.8 Å². The smallest absolute Gasteiger partial charge is 0.165 e. The summed E-state index contributed by atoms with van der Waals surface area (Å²) in [5.74, 6) is 1.35. The maximum Gasteiger partial charge on any atom is 0.165 e. The van der Waals surface area contributed by atoms with E-state index in [1.54, 1.807) is 19.2 Å². The van der Waals surface area contributed by atoms with Crippen LogP contribution in [0.1, 0.15) is 37.3 Å². The number of halogens is 1. The average Bonchev–Trinajstić information content (AvgIpc) is 2.61. The molecule has 4 heteroatoms. The monoisotopic (exact) mass is 331 g/mol. The number of rotatable bonds is 10. The lowest BCUT2D eigenvalue weighted by Gasteiger charge is -2.15. The van der Waals surface area contributed by atoms with Crippen LogP contribution in [0.25, 0.3) is 0 Å². The van der Waals surface area contributed by atoms with Crippen LogP contribution in [0, 0.1) is 5.82 Å². The molecule has 0 aromatic heterocycles. The predicted octanol–water partition coefficient (Wildman–Crippen LogP) is 4.69. The van der Waals surface area contributed by atoms with Gasteiger partial charge in [0.1, 0.15) is 5.82 Å². The molecule has 0 fully saturated rings. The van der Waals surface area contributed by atoms with Crippen molar-refractivity contribution in [1.29, 1.82) is 0 Å². The molecule has 130 valence electrons. The van der Waals surface area contributed by atoms with Crippen molar-refractivity contribution in [3.8, 4) is 11.5 Å². The largest absolute Gasteiger partial charge is 0.493 e. The number of nitrogens with one attached hydrogen (secondary N) is 1. The van der Waals surface area contributed by atoms with Crippen molar-refractivity contribution < 1.29 is 13.9 Å². The Bertz CT molecular complexity index is 614. The molecule has 0 aliphatic rings. The Morgan fingerprint density at radius 3 is 2.50 bits per heavy atom. The minimum absolute atomic E-state index is 0.214. The number of methoxy groups -OCH3 is 1. The molecule has 1 N–H and O–H groups in total. The van der Waals surface area contributed by atoms with Crippen molar-refractivity contribution in [1.82, 2.24) is 5.32 Å². The Kier molecular flexibility index (Phi) is 7.56. The summed E-state index contributed by atoms with van der Waals surface area (Å²) in [6.07, 6.45) is 3.37. The van der Waals surface area contributed by atoms with Gasteiger partial charge in [-0.3, -0.25) is 0 Å². The minimum Gasteiger partial charge on any atom is -0.493 e. The SMILES string of the molecule is CCCCCOc1c(CNCc2ccc(F)cc2)cccc1OC. The molecule has 0 spiro atoms. The molecule has 0 heterocycles. The Labute approximate surface area is 143 Å². The Hall–Kier alpha value is -2.07. The van der Waals surface area contributed by atoms with E-state index < -0.39 is 0 Å². The van der Waals surface area contributed by atoms with Crippen LogP contribution >= 0.6 is 0 Å². The van der Waals surface area contributed by atoms with Gasteiger partial charge in [0.05, 0.1) is 13.7 Å². The van der Waals surface area contributed by atoms with Crippen LogP contribution in [0.15, 0.2) is 42.5 Å². The molecule has 24 heavy (non-hydrogen) atoms. The highest BCUT2D eigenvalue weighted by atomic mass is 19.1. The van der Waals surface area contributed by atoms with Gasteiger partial charge in [-0.05, 0) is 30.2 Å². The van der Waals surface area contributed by atoms with Crippen molar-refractivity contribution in [3.05, 3.63) is 59.4 Å². The second-order valence-electron chi connectivity index (χ2n) is 5.73. The number of para-hydroxylation sites is 1. The quantitative estimate of drug-likeness (QED) is 0.641. The van der Waals surface area contributed by atoms with E-state index in [0.29, 0.717) is 19.7 Å². The Morgan fingerprint density at radius 1 is 1.00 bits per heavy atom. The average molecular weight is 331 g/mol. The third kappa shape index (κ3) is 5.53. The van der Waals surface area contributed by atoms with E-state index in [1.165, 1.54) is 18.6 Å². The van der Waals surface area contributed by atoms with E-state index in [9.17, 15) is 4.39 Å². The summed E-state index contributed by atoms with van der Waals surface area (Å²) < 4.78 is 24.3. The van der Waals surface area contributed by atoms with Crippen LogP contribution in [0.2, 0.25) is 0 Å². The van der Waals surface area contributed by atoms with Crippen LogP contribution in [0.5, 0.6) is 11.5 Å². The first-order valence-electron chi connectivity index (χ1n) is 8.48. The van der Waals surface area contributed by atoms with Crippen molar-refractivity contribution in [2.45, 2.75) is 39.3 Å². The molecule has 0 amide bonds. The Morgan fingerprint density at radius 2 is 1.79 bits per heavy atom. The topological polar surface area (TPSA) is 30.5 Å². The second-order valence-corrected chi connectivity index (χ2v) is 5.73. The normalized spacial score (nSPS) is 10.6. The summed E-state index contributed by atoms with van der Waals surface area (Å²) >= 11 is 0. The van der Waals surface area contributed by atoms with Gasteiger partial charge in [0.15, 0.2) is 11.5 Å². The zero-order chi connectivity index (χ0) is 17.2. The van der Waals surface area contributed by atoms with Gasteiger partial charge in [-0.15, -0.1) is 0 Å². The predicted molar refractivity (Wildman–Crippen MR) is 95.0 cm³/mol. The van der Waals surface area contributed by atoms with Crippen LogP contribution in [0.4, 0.5) is 4.39 Å². The maximum atomic E-state index is 12.9. The van der Waals surface area contributed by atoms with Gasteiger partial charge in [0.2, 0.25) is 0 Å². The fraction of sp³-hybridized carbons (Fsp3) is 0.400. The first kappa shape index (κ1) is 18.3.